The summed E-state index contributed by atoms with van der Waals surface area (Å²) >= 11 is 0. The first kappa shape index (κ1) is 21.6. The molecule has 1 heterocycles. The van der Waals surface area contributed by atoms with Crippen molar-refractivity contribution in [1.82, 2.24) is 4.90 Å². The summed E-state index contributed by atoms with van der Waals surface area (Å²) in [5.74, 6) is 1.05. The van der Waals surface area contributed by atoms with Gasteiger partial charge in [-0.25, -0.2) is 4.79 Å². The smallest absolute Gasteiger partial charge is 0.329 e. The number of likely N-dealkylation sites (tertiary alicyclic amines) is 1. The summed E-state index contributed by atoms with van der Waals surface area (Å²) in [6, 6.07) is 6.48. The van der Waals surface area contributed by atoms with Gasteiger partial charge in [0, 0.05) is 18.5 Å². The number of hydrogen-bond donors (Lipinski definition) is 1. The van der Waals surface area contributed by atoms with E-state index in [1.807, 2.05) is 19.1 Å². The van der Waals surface area contributed by atoms with Crippen molar-refractivity contribution in [2.45, 2.75) is 70.4 Å². The van der Waals surface area contributed by atoms with E-state index in [1.165, 1.54) is 19.3 Å². The number of nitrogens with zero attached hydrogens (tertiary/aromatic N) is 1. The molecule has 4 saturated carbocycles. The minimum absolute atomic E-state index is 0.0246. The highest BCUT2D eigenvalue weighted by Crippen LogP contribution is 2.60. The topological polar surface area (TPSA) is 83.9 Å². The summed E-state index contributed by atoms with van der Waals surface area (Å²) in [6.07, 6.45) is 6.79. The number of ketones is 1. The SMILES string of the molecule is CCc1ccc(C(=O)COC(=O)[C@@H]2CC(O)CN2C(=O)C23CC4CC(CC(C4)C2)C3)cc1. The van der Waals surface area contributed by atoms with E-state index in [0.29, 0.717) is 23.3 Å². The first-order valence-electron chi connectivity index (χ1n) is 12.1. The summed E-state index contributed by atoms with van der Waals surface area (Å²) in [7, 11) is 0. The monoisotopic (exact) mass is 439 g/mol. The minimum Gasteiger partial charge on any atom is -0.456 e. The van der Waals surface area contributed by atoms with Gasteiger partial charge < -0.3 is 14.7 Å². The molecule has 1 N–H and O–H groups in total. The van der Waals surface area contributed by atoms with Gasteiger partial charge in [-0.2, -0.15) is 0 Å². The number of carbonyl (C=O) groups excluding carboxylic acids is 3. The maximum Gasteiger partial charge on any atom is 0.329 e. The largest absolute Gasteiger partial charge is 0.456 e. The third kappa shape index (κ3) is 3.87. The van der Waals surface area contributed by atoms with Crippen molar-refractivity contribution >= 4 is 17.7 Å². The first-order chi connectivity index (χ1) is 15.4. The summed E-state index contributed by atoms with van der Waals surface area (Å²) in [4.78, 5) is 40.6. The molecule has 1 saturated heterocycles. The van der Waals surface area contributed by atoms with Gasteiger partial charge in [0.25, 0.3) is 0 Å². The number of benzene rings is 1. The standard InChI is InChI=1S/C26H33NO5/c1-2-16-3-5-20(6-4-16)23(29)15-32-24(30)22-10-21(28)14-27(22)25(31)26-11-17-7-18(12-26)9-19(8-17)13-26/h3-6,17-19,21-22,28H,2,7-15H2,1H3/t17?,18?,19?,21?,22-,26?/m0/s1. The van der Waals surface area contributed by atoms with Gasteiger partial charge in [0.15, 0.2) is 12.4 Å². The van der Waals surface area contributed by atoms with Crippen molar-refractivity contribution in [3.05, 3.63) is 35.4 Å². The minimum atomic E-state index is -0.805. The van der Waals surface area contributed by atoms with Gasteiger partial charge in [0.05, 0.1) is 11.5 Å². The normalized spacial score (nSPS) is 35.2. The Morgan fingerprint density at radius 1 is 1.00 bits per heavy atom. The van der Waals surface area contributed by atoms with Crippen LogP contribution in [0.1, 0.15) is 67.8 Å². The number of ether oxygens (including phenoxy) is 1. The Kier molecular flexibility index (Phi) is 5.60. The van der Waals surface area contributed by atoms with Crippen molar-refractivity contribution in [2.75, 3.05) is 13.2 Å². The fourth-order valence-corrected chi connectivity index (χ4v) is 7.18. The molecule has 6 rings (SSSR count). The highest BCUT2D eigenvalue weighted by Gasteiger charge is 2.57. The maximum absolute atomic E-state index is 13.7. The van der Waals surface area contributed by atoms with E-state index in [1.54, 1.807) is 17.0 Å². The second-order valence-electron chi connectivity index (χ2n) is 10.6. The summed E-state index contributed by atoms with van der Waals surface area (Å²) in [6.45, 7) is 1.87. The molecule has 6 heteroatoms. The average Bonchev–Trinajstić information content (AvgIpc) is 3.17. The van der Waals surface area contributed by atoms with E-state index in [0.717, 1.165) is 31.2 Å². The van der Waals surface area contributed by atoms with E-state index in [-0.39, 0.29) is 36.7 Å². The molecule has 1 aliphatic heterocycles. The predicted molar refractivity (Wildman–Crippen MR) is 118 cm³/mol. The summed E-state index contributed by atoms with van der Waals surface area (Å²) in [5.41, 5.74) is 1.27. The average molecular weight is 440 g/mol. The van der Waals surface area contributed by atoms with Gasteiger partial charge in [-0.05, 0) is 68.3 Å². The zero-order valence-corrected chi connectivity index (χ0v) is 18.8. The molecule has 0 aromatic heterocycles. The van der Waals surface area contributed by atoms with Crippen molar-refractivity contribution in [1.29, 1.82) is 0 Å². The number of aryl methyl sites for hydroxylation is 1. The Balaban J connectivity index is 1.25. The third-order valence-corrected chi connectivity index (χ3v) is 8.33. The van der Waals surface area contributed by atoms with Gasteiger partial charge in [-0.3, -0.25) is 9.59 Å². The van der Waals surface area contributed by atoms with E-state index in [4.69, 9.17) is 4.74 Å². The van der Waals surface area contributed by atoms with Gasteiger partial charge >= 0.3 is 5.97 Å². The molecule has 1 unspecified atom stereocenters. The lowest BCUT2D eigenvalue weighted by Crippen LogP contribution is -2.56. The highest BCUT2D eigenvalue weighted by atomic mass is 16.5. The fourth-order valence-electron chi connectivity index (χ4n) is 7.18. The zero-order chi connectivity index (χ0) is 22.5. The number of esters is 1. The van der Waals surface area contributed by atoms with Crippen LogP contribution >= 0.6 is 0 Å². The van der Waals surface area contributed by atoms with Gasteiger partial charge in [-0.15, -0.1) is 0 Å². The number of Topliss-reactive ketones (excluding diaryl/α,β-unsaturated/α-hetero) is 1. The molecule has 5 aliphatic rings. The molecule has 6 nitrogen and oxygen atoms in total. The second kappa shape index (κ2) is 8.29. The zero-order valence-electron chi connectivity index (χ0n) is 18.8. The number of amides is 1. The van der Waals surface area contributed by atoms with Crippen LogP contribution in [-0.4, -0.2) is 53.0 Å². The van der Waals surface area contributed by atoms with Crippen LogP contribution in [0.4, 0.5) is 0 Å². The van der Waals surface area contributed by atoms with Crippen LogP contribution in [0.3, 0.4) is 0 Å². The van der Waals surface area contributed by atoms with Crippen molar-refractivity contribution in [3.8, 4) is 0 Å². The van der Waals surface area contributed by atoms with Crippen LogP contribution < -0.4 is 0 Å². The molecule has 172 valence electrons. The Hall–Kier alpha value is -2.21. The van der Waals surface area contributed by atoms with Gasteiger partial charge in [0.1, 0.15) is 6.04 Å². The second-order valence-corrected chi connectivity index (χ2v) is 10.6. The Morgan fingerprint density at radius 3 is 2.16 bits per heavy atom. The number of aliphatic hydroxyl groups excluding tert-OH is 1. The molecular formula is C26H33NO5. The molecule has 4 bridgehead atoms. The molecule has 4 aliphatic carbocycles. The van der Waals surface area contributed by atoms with Crippen LogP contribution in [0.25, 0.3) is 0 Å². The van der Waals surface area contributed by atoms with E-state index in [9.17, 15) is 19.5 Å². The van der Waals surface area contributed by atoms with Gasteiger partial charge in [-0.1, -0.05) is 31.2 Å². The molecule has 5 fully saturated rings. The number of hydrogen-bond acceptors (Lipinski definition) is 5. The lowest BCUT2D eigenvalue weighted by molar-refractivity contribution is -0.165. The lowest BCUT2D eigenvalue weighted by Gasteiger charge is -2.56. The maximum atomic E-state index is 13.7. The summed E-state index contributed by atoms with van der Waals surface area (Å²) in [5, 5.41) is 10.3. The van der Waals surface area contributed by atoms with Crippen molar-refractivity contribution < 1.29 is 24.2 Å². The van der Waals surface area contributed by atoms with Crippen LogP contribution in [0, 0.1) is 23.2 Å². The fraction of sp³-hybridized carbons (Fsp3) is 0.654. The van der Waals surface area contributed by atoms with E-state index < -0.39 is 18.1 Å². The molecule has 32 heavy (non-hydrogen) atoms. The van der Waals surface area contributed by atoms with Crippen LogP contribution in [-0.2, 0) is 20.7 Å². The lowest BCUT2D eigenvalue weighted by atomic mass is 9.49. The van der Waals surface area contributed by atoms with Crippen LogP contribution in [0.15, 0.2) is 24.3 Å². The quantitative estimate of drug-likeness (QED) is 0.544. The molecule has 0 radical (unpaired) electrons. The molecule has 1 aromatic carbocycles. The number of carbonyl (C=O) groups is 3. The Morgan fingerprint density at radius 2 is 1.59 bits per heavy atom. The third-order valence-electron chi connectivity index (χ3n) is 8.33. The predicted octanol–water partition coefficient (Wildman–Crippen LogP) is 3.15. The van der Waals surface area contributed by atoms with Gasteiger partial charge in [0.2, 0.25) is 5.91 Å². The molecule has 1 aromatic rings. The Bertz CT molecular complexity index is 872. The number of β-amino-alcohol motifs (C(OH)–C–C–N with tert-alkyl or cyclic N) is 1. The van der Waals surface area contributed by atoms with Crippen molar-refractivity contribution in [2.24, 2.45) is 23.2 Å². The Labute approximate surface area is 189 Å². The number of aliphatic hydroxyl groups is 1. The molecule has 2 atom stereocenters. The van der Waals surface area contributed by atoms with Crippen LogP contribution in [0.5, 0.6) is 0 Å². The van der Waals surface area contributed by atoms with Crippen LogP contribution in [0.2, 0.25) is 0 Å². The highest BCUT2D eigenvalue weighted by molar-refractivity contribution is 5.98. The molecule has 1 amide bonds. The first-order valence-corrected chi connectivity index (χ1v) is 12.1. The molecular weight excluding hydrogens is 406 g/mol. The summed E-state index contributed by atoms with van der Waals surface area (Å²) < 4.78 is 5.35. The van der Waals surface area contributed by atoms with Crippen molar-refractivity contribution in [3.63, 3.8) is 0 Å². The number of rotatable bonds is 6. The molecule has 0 spiro atoms. The van der Waals surface area contributed by atoms with E-state index >= 15 is 0 Å². The van der Waals surface area contributed by atoms with E-state index in [2.05, 4.69) is 0 Å².